The van der Waals surface area contributed by atoms with Gasteiger partial charge in [-0.05, 0) is 23.1 Å². The molecule has 1 N–H and O–H groups in total. The number of nitrogens with one attached hydrogen (secondary N) is 1. The lowest BCUT2D eigenvalue weighted by Gasteiger charge is -2.25. The van der Waals surface area contributed by atoms with Gasteiger partial charge in [-0.15, -0.1) is 0 Å². The second-order valence-electron chi connectivity index (χ2n) is 7.20. The minimum Gasteiger partial charge on any atom is -0.383 e. The summed E-state index contributed by atoms with van der Waals surface area (Å²) in [6.45, 7) is 1.69. The van der Waals surface area contributed by atoms with Crippen molar-refractivity contribution >= 4 is 5.91 Å². The van der Waals surface area contributed by atoms with Gasteiger partial charge in [0.15, 0.2) is 0 Å². The van der Waals surface area contributed by atoms with Crippen molar-refractivity contribution in [2.24, 2.45) is 0 Å². The van der Waals surface area contributed by atoms with Gasteiger partial charge in [0, 0.05) is 45.2 Å². The maximum atomic E-state index is 13.0. The highest BCUT2D eigenvalue weighted by molar-refractivity contribution is 5.82. The Labute approximate surface area is 177 Å². The first-order chi connectivity index (χ1) is 14.7. The second-order valence-corrected chi connectivity index (χ2v) is 7.20. The number of hydrogen-bond donors (Lipinski definition) is 1. The highest BCUT2D eigenvalue weighted by Crippen LogP contribution is 2.17. The van der Waals surface area contributed by atoms with E-state index in [1.165, 1.54) is 6.33 Å². The van der Waals surface area contributed by atoms with Crippen LogP contribution in [-0.2, 0) is 22.5 Å². The molecule has 0 aliphatic heterocycles. The number of methoxy groups -OCH3 is 1. The van der Waals surface area contributed by atoms with Crippen LogP contribution in [0.25, 0.3) is 11.1 Å². The number of benzene rings is 2. The molecule has 3 rings (SSSR count). The standard InChI is InChI=1S/C24H28N4O2/c1-28(12-13-30-2)24(29)23(14-19-6-4-3-5-7-19)27-15-20-8-10-21(11-9-20)22-16-25-18-26-17-22/h3-11,16-18,23,27H,12-15H2,1-2H3. The smallest absolute Gasteiger partial charge is 0.239 e. The minimum absolute atomic E-state index is 0.0638. The summed E-state index contributed by atoms with van der Waals surface area (Å²) < 4.78 is 5.11. The van der Waals surface area contributed by atoms with Gasteiger partial charge >= 0.3 is 0 Å². The molecule has 156 valence electrons. The Balaban J connectivity index is 1.67. The number of amides is 1. The number of carbonyl (C=O) groups is 1. The Hall–Kier alpha value is -3.09. The maximum absolute atomic E-state index is 13.0. The Morgan fingerprint density at radius 1 is 1.00 bits per heavy atom. The Kier molecular flexibility index (Phi) is 8.06. The fourth-order valence-corrected chi connectivity index (χ4v) is 3.21. The van der Waals surface area contributed by atoms with Crippen LogP contribution in [0, 0.1) is 0 Å². The summed E-state index contributed by atoms with van der Waals surface area (Å²) in [5.41, 5.74) is 4.29. The molecule has 6 nitrogen and oxygen atoms in total. The van der Waals surface area contributed by atoms with E-state index in [0.29, 0.717) is 26.1 Å². The van der Waals surface area contributed by atoms with Crippen LogP contribution >= 0.6 is 0 Å². The molecule has 1 unspecified atom stereocenters. The van der Waals surface area contributed by atoms with Crippen molar-refractivity contribution in [3.63, 3.8) is 0 Å². The van der Waals surface area contributed by atoms with Crippen LogP contribution in [0.15, 0.2) is 73.3 Å². The highest BCUT2D eigenvalue weighted by Gasteiger charge is 2.22. The van der Waals surface area contributed by atoms with Crippen LogP contribution in [-0.4, -0.2) is 54.1 Å². The molecule has 1 amide bonds. The van der Waals surface area contributed by atoms with Crippen molar-refractivity contribution < 1.29 is 9.53 Å². The largest absolute Gasteiger partial charge is 0.383 e. The monoisotopic (exact) mass is 404 g/mol. The number of likely N-dealkylation sites (N-methyl/N-ethyl adjacent to an activating group) is 1. The van der Waals surface area contributed by atoms with Crippen molar-refractivity contribution in [2.75, 3.05) is 27.3 Å². The molecule has 0 aliphatic carbocycles. The number of nitrogens with zero attached hydrogens (tertiary/aromatic N) is 3. The molecule has 3 aromatic rings. The Morgan fingerprint density at radius 2 is 1.70 bits per heavy atom. The van der Waals surface area contributed by atoms with E-state index in [2.05, 4.69) is 39.6 Å². The molecule has 2 aromatic carbocycles. The average molecular weight is 405 g/mol. The molecular formula is C24H28N4O2. The van der Waals surface area contributed by atoms with E-state index in [9.17, 15) is 4.79 Å². The van der Waals surface area contributed by atoms with Crippen LogP contribution in [0.5, 0.6) is 0 Å². The molecule has 0 saturated carbocycles. The van der Waals surface area contributed by atoms with E-state index >= 15 is 0 Å². The van der Waals surface area contributed by atoms with E-state index in [1.54, 1.807) is 24.4 Å². The first-order valence-corrected chi connectivity index (χ1v) is 10.0. The minimum atomic E-state index is -0.309. The molecule has 1 heterocycles. The average Bonchev–Trinajstić information content (AvgIpc) is 2.81. The van der Waals surface area contributed by atoms with Gasteiger partial charge in [-0.25, -0.2) is 9.97 Å². The van der Waals surface area contributed by atoms with Gasteiger partial charge in [-0.3, -0.25) is 4.79 Å². The summed E-state index contributed by atoms with van der Waals surface area (Å²) >= 11 is 0. The van der Waals surface area contributed by atoms with Crippen LogP contribution in [0.3, 0.4) is 0 Å². The SMILES string of the molecule is COCCN(C)C(=O)C(Cc1ccccc1)NCc1ccc(-c2cncnc2)cc1. The van der Waals surface area contributed by atoms with Crippen molar-refractivity contribution in [2.45, 2.75) is 19.0 Å². The molecule has 0 aliphatic rings. The third-order valence-electron chi connectivity index (χ3n) is 4.99. The van der Waals surface area contributed by atoms with Gasteiger partial charge in [0.1, 0.15) is 6.33 Å². The summed E-state index contributed by atoms with van der Waals surface area (Å²) in [5, 5.41) is 3.44. The number of hydrogen-bond acceptors (Lipinski definition) is 5. The normalized spacial score (nSPS) is 11.8. The van der Waals surface area contributed by atoms with E-state index in [4.69, 9.17) is 4.74 Å². The molecule has 30 heavy (non-hydrogen) atoms. The fraction of sp³-hybridized carbons (Fsp3) is 0.292. The molecule has 1 aromatic heterocycles. The van der Waals surface area contributed by atoms with Gasteiger partial charge in [0.05, 0.1) is 12.6 Å². The molecule has 1 atom stereocenters. The zero-order valence-corrected chi connectivity index (χ0v) is 17.5. The van der Waals surface area contributed by atoms with E-state index in [0.717, 1.165) is 22.3 Å². The summed E-state index contributed by atoms with van der Waals surface area (Å²) in [7, 11) is 3.46. The summed E-state index contributed by atoms with van der Waals surface area (Å²) in [6, 6.07) is 18.0. The summed E-state index contributed by atoms with van der Waals surface area (Å²) in [6.07, 6.45) is 5.75. The van der Waals surface area contributed by atoms with Crippen molar-refractivity contribution in [1.82, 2.24) is 20.2 Å². The zero-order valence-electron chi connectivity index (χ0n) is 17.5. The van der Waals surface area contributed by atoms with Gasteiger partial charge in [-0.2, -0.15) is 0 Å². The maximum Gasteiger partial charge on any atom is 0.239 e. The van der Waals surface area contributed by atoms with Gasteiger partial charge in [0.25, 0.3) is 0 Å². The fourth-order valence-electron chi connectivity index (χ4n) is 3.21. The van der Waals surface area contributed by atoms with Crippen LogP contribution < -0.4 is 5.32 Å². The topological polar surface area (TPSA) is 67.3 Å². The molecule has 0 saturated heterocycles. The Bertz CT molecular complexity index is 902. The van der Waals surface area contributed by atoms with Crippen LogP contribution in [0.4, 0.5) is 0 Å². The molecule has 0 radical (unpaired) electrons. The molecule has 0 spiro atoms. The highest BCUT2D eigenvalue weighted by atomic mass is 16.5. The zero-order chi connectivity index (χ0) is 21.2. The third kappa shape index (κ3) is 6.20. The second kappa shape index (κ2) is 11.2. The lowest BCUT2D eigenvalue weighted by molar-refractivity contribution is -0.132. The van der Waals surface area contributed by atoms with Crippen molar-refractivity contribution in [1.29, 1.82) is 0 Å². The van der Waals surface area contributed by atoms with Crippen LogP contribution in [0.2, 0.25) is 0 Å². The first-order valence-electron chi connectivity index (χ1n) is 10.0. The number of carbonyl (C=O) groups excluding carboxylic acids is 1. The quantitative estimate of drug-likeness (QED) is 0.563. The molecule has 0 bridgehead atoms. The molecular weight excluding hydrogens is 376 g/mol. The lowest BCUT2D eigenvalue weighted by atomic mass is 10.0. The van der Waals surface area contributed by atoms with Gasteiger partial charge in [0.2, 0.25) is 5.91 Å². The Morgan fingerprint density at radius 3 is 2.37 bits per heavy atom. The number of ether oxygens (including phenoxy) is 1. The van der Waals surface area contributed by atoms with Crippen LogP contribution in [0.1, 0.15) is 11.1 Å². The van der Waals surface area contributed by atoms with Gasteiger partial charge in [-0.1, -0.05) is 54.6 Å². The van der Waals surface area contributed by atoms with Gasteiger partial charge < -0.3 is 15.0 Å². The lowest BCUT2D eigenvalue weighted by Crippen LogP contribution is -2.46. The third-order valence-corrected chi connectivity index (χ3v) is 4.99. The number of rotatable bonds is 10. The summed E-state index contributed by atoms with van der Waals surface area (Å²) in [5.74, 6) is 0.0638. The van der Waals surface area contributed by atoms with E-state index in [-0.39, 0.29) is 11.9 Å². The number of aromatic nitrogens is 2. The van der Waals surface area contributed by atoms with E-state index < -0.39 is 0 Å². The predicted molar refractivity (Wildman–Crippen MR) is 118 cm³/mol. The first kappa shape index (κ1) is 21.6. The molecule has 6 heteroatoms. The predicted octanol–water partition coefficient (Wildman–Crippen LogP) is 2.95. The van der Waals surface area contributed by atoms with Crippen molar-refractivity contribution in [3.05, 3.63) is 84.4 Å². The summed E-state index contributed by atoms with van der Waals surface area (Å²) in [4.78, 5) is 22.9. The molecule has 0 fully saturated rings. The van der Waals surface area contributed by atoms with E-state index in [1.807, 2.05) is 37.4 Å². The van der Waals surface area contributed by atoms with Crippen molar-refractivity contribution in [3.8, 4) is 11.1 Å².